The number of H-pyrrole nitrogens is 1. The SMILES string of the molecule is O=C(CNS(=O)(=O)c1ccc(Cl)cc1)NN=Cc1[nH]c2ccccc2c1Cl. The molecule has 27 heavy (non-hydrogen) atoms. The number of amides is 1. The highest BCUT2D eigenvalue weighted by Crippen LogP contribution is 2.25. The van der Waals surface area contributed by atoms with Crippen molar-refractivity contribution in [3.05, 3.63) is 64.3 Å². The molecule has 0 aliphatic rings. The van der Waals surface area contributed by atoms with E-state index in [9.17, 15) is 13.2 Å². The highest BCUT2D eigenvalue weighted by Gasteiger charge is 2.15. The number of aromatic nitrogens is 1. The maximum Gasteiger partial charge on any atom is 0.255 e. The zero-order valence-corrected chi connectivity index (χ0v) is 16.1. The minimum Gasteiger partial charge on any atom is -0.352 e. The van der Waals surface area contributed by atoms with E-state index in [-0.39, 0.29) is 4.90 Å². The standard InChI is InChI=1S/C17H14Cl2N4O3S/c18-11-5-7-12(8-6-11)27(25,26)21-10-16(24)23-20-9-15-17(19)13-3-1-2-4-14(13)22-15/h1-9,21-22H,10H2,(H,23,24). The monoisotopic (exact) mass is 424 g/mol. The third-order valence-corrected chi connectivity index (χ3v) is 5.68. The van der Waals surface area contributed by atoms with Gasteiger partial charge in [-0.15, -0.1) is 0 Å². The fourth-order valence-electron chi connectivity index (χ4n) is 2.28. The Morgan fingerprint density at radius 3 is 2.52 bits per heavy atom. The number of carbonyl (C=O) groups is 1. The summed E-state index contributed by atoms with van der Waals surface area (Å²) in [5.41, 5.74) is 3.61. The van der Waals surface area contributed by atoms with Gasteiger partial charge in [0.25, 0.3) is 5.91 Å². The summed E-state index contributed by atoms with van der Waals surface area (Å²) in [6, 6.07) is 13.0. The zero-order valence-electron chi connectivity index (χ0n) is 13.7. The lowest BCUT2D eigenvalue weighted by Gasteiger charge is -2.05. The number of sulfonamides is 1. The molecule has 0 fully saturated rings. The average molecular weight is 425 g/mol. The van der Waals surface area contributed by atoms with Crippen LogP contribution < -0.4 is 10.1 Å². The first-order valence-electron chi connectivity index (χ1n) is 7.70. The second-order valence-corrected chi connectivity index (χ2v) is 8.05. The number of fused-ring (bicyclic) bond motifs is 1. The molecule has 3 N–H and O–H groups in total. The van der Waals surface area contributed by atoms with E-state index in [1.165, 1.54) is 30.5 Å². The van der Waals surface area contributed by atoms with Gasteiger partial charge in [-0.3, -0.25) is 4.79 Å². The molecule has 1 amide bonds. The van der Waals surface area contributed by atoms with E-state index in [4.69, 9.17) is 23.2 Å². The summed E-state index contributed by atoms with van der Waals surface area (Å²) in [4.78, 5) is 14.9. The number of carbonyl (C=O) groups excluding carboxylic acids is 1. The summed E-state index contributed by atoms with van der Waals surface area (Å²) in [5, 5.41) is 5.52. The maximum absolute atomic E-state index is 12.1. The van der Waals surface area contributed by atoms with Crippen LogP contribution in [0.4, 0.5) is 0 Å². The molecule has 2 aromatic carbocycles. The topological polar surface area (TPSA) is 103 Å². The number of para-hydroxylation sites is 1. The van der Waals surface area contributed by atoms with E-state index < -0.39 is 22.5 Å². The lowest BCUT2D eigenvalue weighted by atomic mass is 10.2. The molecule has 3 aromatic rings. The fourth-order valence-corrected chi connectivity index (χ4v) is 3.65. The normalized spacial score (nSPS) is 11.9. The Labute approximate surface area is 165 Å². The van der Waals surface area contributed by atoms with Crippen molar-refractivity contribution in [1.82, 2.24) is 15.1 Å². The molecule has 0 radical (unpaired) electrons. The highest BCUT2D eigenvalue weighted by atomic mass is 35.5. The van der Waals surface area contributed by atoms with Crippen molar-refractivity contribution in [2.45, 2.75) is 4.90 Å². The third kappa shape index (κ3) is 4.67. The minimum atomic E-state index is -3.82. The van der Waals surface area contributed by atoms with Crippen molar-refractivity contribution < 1.29 is 13.2 Å². The number of rotatable bonds is 6. The van der Waals surface area contributed by atoms with Crippen LogP contribution in [0.15, 0.2) is 58.5 Å². The second kappa shape index (κ2) is 8.10. The molecule has 7 nitrogen and oxygen atoms in total. The van der Waals surface area contributed by atoms with Gasteiger partial charge >= 0.3 is 0 Å². The first-order chi connectivity index (χ1) is 12.9. The average Bonchev–Trinajstić information content (AvgIpc) is 2.97. The van der Waals surface area contributed by atoms with Gasteiger partial charge in [-0.25, -0.2) is 18.6 Å². The number of aromatic amines is 1. The van der Waals surface area contributed by atoms with Gasteiger partial charge in [0.15, 0.2) is 0 Å². The summed E-state index contributed by atoms with van der Waals surface area (Å²) < 4.78 is 26.4. The first-order valence-corrected chi connectivity index (χ1v) is 9.94. The lowest BCUT2D eigenvalue weighted by molar-refractivity contribution is -0.119. The molecule has 0 bridgehead atoms. The Bertz CT molecular complexity index is 1110. The van der Waals surface area contributed by atoms with Gasteiger partial charge in [-0.1, -0.05) is 41.4 Å². The maximum atomic E-state index is 12.1. The fraction of sp³-hybridized carbons (Fsp3) is 0.0588. The number of nitrogens with one attached hydrogen (secondary N) is 3. The number of halogens is 2. The number of hydrazone groups is 1. The van der Waals surface area contributed by atoms with Crippen LogP contribution in [0.2, 0.25) is 10.0 Å². The van der Waals surface area contributed by atoms with Gasteiger partial charge in [-0.05, 0) is 30.3 Å². The number of hydrogen-bond donors (Lipinski definition) is 3. The molecular formula is C17H14Cl2N4O3S. The molecule has 0 saturated carbocycles. The molecule has 1 heterocycles. The van der Waals surface area contributed by atoms with Crippen LogP contribution in [0, 0.1) is 0 Å². The highest BCUT2D eigenvalue weighted by molar-refractivity contribution is 7.89. The predicted octanol–water partition coefficient (Wildman–Crippen LogP) is 2.90. The molecule has 0 aliphatic carbocycles. The Morgan fingerprint density at radius 2 is 1.81 bits per heavy atom. The van der Waals surface area contributed by atoms with E-state index >= 15 is 0 Å². The third-order valence-electron chi connectivity index (χ3n) is 3.60. The summed E-state index contributed by atoms with van der Waals surface area (Å²) in [5.74, 6) is -0.629. The van der Waals surface area contributed by atoms with E-state index in [0.29, 0.717) is 15.7 Å². The molecule has 140 valence electrons. The summed E-state index contributed by atoms with van der Waals surface area (Å²) in [6.45, 7) is -0.470. The minimum absolute atomic E-state index is 0.00746. The molecule has 10 heteroatoms. The molecule has 0 spiro atoms. The second-order valence-electron chi connectivity index (χ2n) is 5.47. The lowest BCUT2D eigenvalue weighted by Crippen LogP contribution is -2.34. The van der Waals surface area contributed by atoms with Crippen LogP contribution in [0.25, 0.3) is 10.9 Å². The van der Waals surface area contributed by atoms with Gasteiger partial charge in [0.2, 0.25) is 10.0 Å². The smallest absolute Gasteiger partial charge is 0.255 e. The van der Waals surface area contributed by atoms with Crippen molar-refractivity contribution in [1.29, 1.82) is 0 Å². The predicted molar refractivity (Wildman–Crippen MR) is 106 cm³/mol. The Kier molecular flexibility index (Phi) is 5.81. The van der Waals surface area contributed by atoms with Gasteiger partial charge < -0.3 is 4.98 Å². The molecule has 0 saturated heterocycles. The molecule has 1 aromatic heterocycles. The Morgan fingerprint density at radius 1 is 1.11 bits per heavy atom. The molecule has 0 atom stereocenters. The van der Waals surface area contributed by atoms with E-state index in [2.05, 4.69) is 20.2 Å². The van der Waals surface area contributed by atoms with Crippen LogP contribution in [-0.2, 0) is 14.8 Å². The van der Waals surface area contributed by atoms with E-state index in [1.54, 1.807) is 0 Å². The van der Waals surface area contributed by atoms with Crippen LogP contribution >= 0.6 is 23.2 Å². The van der Waals surface area contributed by atoms with Crippen molar-refractivity contribution >= 4 is 56.2 Å². The molecule has 0 unspecified atom stereocenters. The number of nitrogens with zero attached hydrogens (tertiary/aromatic N) is 1. The van der Waals surface area contributed by atoms with Crippen molar-refractivity contribution in [3.63, 3.8) is 0 Å². The zero-order chi connectivity index (χ0) is 19.4. The van der Waals surface area contributed by atoms with Gasteiger partial charge in [-0.2, -0.15) is 5.10 Å². The quantitative estimate of drug-likeness (QED) is 0.418. The Balaban J connectivity index is 1.58. The van der Waals surface area contributed by atoms with Crippen LogP contribution in [0.5, 0.6) is 0 Å². The summed E-state index contributed by atoms with van der Waals surface area (Å²) in [6.07, 6.45) is 1.36. The molecular weight excluding hydrogens is 411 g/mol. The summed E-state index contributed by atoms with van der Waals surface area (Å²) in [7, 11) is -3.82. The van der Waals surface area contributed by atoms with Crippen LogP contribution in [0.3, 0.4) is 0 Å². The van der Waals surface area contributed by atoms with Gasteiger partial charge in [0.05, 0.1) is 28.4 Å². The molecule has 3 rings (SSSR count). The Hall–Kier alpha value is -2.39. The van der Waals surface area contributed by atoms with E-state index in [1.807, 2.05) is 24.3 Å². The first kappa shape index (κ1) is 19.4. The van der Waals surface area contributed by atoms with E-state index in [0.717, 1.165) is 10.9 Å². The van der Waals surface area contributed by atoms with Gasteiger partial charge in [0.1, 0.15) is 0 Å². The molecule has 0 aliphatic heterocycles. The van der Waals surface area contributed by atoms with Crippen molar-refractivity contribution in [2.75, 3.05) is 6.54 Å². The van der Waals surface area contributed by atoms with Crippen LogP contribution in [0.1, 0.15) is 5.69 Å². The van der Waals surface area contributed by atoms with Gasteiger partial charge in [0, 0.05) is 15.9 Å². The number of benzene rings is 2. The van der Waals surface area contributed by atoms with Crippen molar-refractivity contribution in [2.24, 2.45) is 5.10 Å². The van der Waals surface area contributed by atoms with Crippen molar-refractivity contribution in [3.8, 4) is 0 Å². The number of hydrogen-bond acceptors (Lipinski definition) is 4. The largest absolute Gasteiger partial charge is 0.352 e. The summed E-state index contributed by atoms with van der Waals surface area (Å²) >= 11 is 12.0. The van der Waals surface area contributed by atoms with Crippen LogP contribution in [-0.4, -0.2) is 32.1 Å².